The van der Waals surface area contributed by atoms with Crippen molar-refractivity contribution in [2.45, 2.75) is 26.9 Å². The summed E-state index contributed by atoms with van der Waals surface area (Å²) in [6.07, 6.45) is -0.0191. The average Bonchev–Trinajstić information content (AvgIpc) is 2.44. The van der Waals surface area contributed by atoms with E-state index in [2.05, 4.69) is 11.4 Å². The van der Waals surface area contributed by atoms with E-state index >= 15 is 0 Å². The Bertz CT molecular complexity index is 630. The minimum atomic E-state index is -0.415. The van der Waals surface area contributed by atoms with Gasteiger partial charge in [-0.1, -0.05) is 23.7 Å². The van der Waals surface area contributed by atoms with E-state index in [1.165, 1.54) is 11.6 Å². The first-order valence-corrected chi connectivity index (χ1v) is 7.26. The van der Waals surface area contributed by atoms with Crippen molar-refractivity contribution < 1.29 is 9.13 Å². The Morgan fingerprint density at radius 2 is 1.95 bits per heavy atom. The van der Waals surface area contributed by atoms with E-state index in [0.717, 1.165) is 17.0 Å². The van der Waals surface area contributed by atoms with Crippen LogP contribution in [0.5, 0.6) is 5.75 Å². The molecule has 2 rings (SSSR count). The van der Waals surface area contributed by atoms with E-state index in [4.69, 9.17) is 16.3 Å². The molecule has 2 aromatic carbocycles. The first-order valence-electron chi connectivity index (χ1n) is 6.88. The molecule has 1 atom stereocenters. The van der Waals surface area contributed by atoms with E-state index in [0.29, 0.717) is 6.54 Å². The minimum absolute atomic E-state index is 0.0191. The Labute approximate surface area is 129 Å². The predicted molar refractivity (Wildman–Crippen MR) is 85.9 cm³/mol. The highest BCUT2D eigenvalue weighted by atomic mass is 35.5. The van der Waals surface area contributed by atoms with Gasteiger partial charge in [0, 0.05) is 5.69 Å². The van der Waals surface area contributed by atoms with Crippen LogP contribution in [0.25, 0.3) is 0 Å². The zero-order chi connectivity index (χ0) is 15.4. The van der Waals surface area contributed by atoms with Crippen LogP contribution < -0.4 is 10.1 Å². The second-order valence-electron chi connectivity index (χ2n) is 5.21. The summed E-state index contributed by atoms with van der Waals surface area (Å²) >= 11 is 5.75. The molecule has 0 bridgehead atoms. The van der Waals surface area contributed by atoms with Gasteiger partial charge in [0.15, 0.2) is 0 Å². The van der Waals surface area contributed by atoms with Crippen LogP contribution in [-0.2, 0) is 0 Å². The number of halogens is 2. The SMILES string of the molecule is Cc1ccc(C)c(OC(C)CNc2ccc(F)c(Cl)c2)c1. The molecular weight excluding hydrogens is 289 g/mol. The topological polar surface area (TPSA) is 21.3 Å². The van der Waals surface area contributed by atoms with Gasteiger partial charge in [-0.2, -0.15) is 0 Å². The van der Waals surface area contributed by atoms with E-state index < -0.39 is 5.82 Å². The largest absolute Gasteiger partial charge is 0.489 e. The summed E-state index contributed by atoms with van der Waals surface area (Å²) in [6, 6.07) is 10.7. The Balaban J connectivity index is 1.94. The number of rotatable bonds is 5. The van der Waals surface area contributed by atoms with E-state index in [1.807, 2.05) is 32.9 Å². The highest BCUT2D eigenvalue weighted by Gasteiger charge is 2.07. The molecule has 1 N–H and O–H groups in total. The van der Waals surface area contributed by atoms with Gasteiger partial charge >= 0.3 is 0 Å². The summed E-state index contributed by atoms with van der Waals surface area (Å²) in [6.45, 7) is 6.65. The fourth-order valence-corrected chi connectivity index (χ4v) is 2.14. The highest BCUT2D eigenvalue weighted by Crippen LogP contribution is 2.22. The molecule has 0 fully saturated rings. The third kappa shape index (κ3) is 4.36. The van der Waals surface area contributed by atoms with Gasteiger partial charge < -0.3 is 10.1 Å². The molecule has 21 heavy (non-hydrogen) atoms. The lowest BCUT2D eigenvalue weighted by Crippen LogP contribution is -2.23. The van der Waals surface area contributed by atoms with Crippen molar-refractivity contribution in [2.75, 3.05) is 11.9 Å². The monoisotopic (exact) mass is 307 g/mol. The quantitative estimate of drug-likeness (QED) is 0.841. The Morgan fingerprint density at radius 3 is 2.67 bits per heavy atom. The fourth-order valence-electron chi connectivity index (χ4n) is 1.96. The smallest absolute Gasteiger partial charge is 0.141 e. The number of anilines is 1. The molecule has 2 aromatic rings. The molecule has 4 heteroatoms. The molecule has 0 aromatic heterocycles. The number of ether oxygens (including phenoxy) is 1. The van der Waals surface area contributed by atoms with Gasteiger partial charge in [-0.05, 0) is 56.2 Å². The second-order valence-corrected chi connectivity index (χ2v) is 5.61. The summed E-state index contributed by atoms with van der Waals surface area (Å²) in [5, 5.41) is 3.30. The number of aryl methyl sites for hydroxylation is 2. The molecule has 0 aliphatic carbocycles. The Hall–Kier alpha value is -1.74. The lowest BCUT2D eigenvalue weighted by Gasteiger charge is -2.18. The molecule has 0 radical (unpaired) electrons. The van der Waals surface area contributed by atoms with Gasteiger partial charge in [0.2, 0.25) is 0 Å². The summed E-state index contributed by atoms with van der Waals surface area (Å²) in [5.74, 6) is 0.475. The number of hydrogen-bond acceptors (Lipinski definition) is 2. The van der Waals surface area contributed by atoms with E-state index in [-0.39, 0.29) is 11.1 Å². The number of hydrogen-bond donors (Lipinski definition) is 1. The standard InChI is InChI=1S/C17H19ClFNO/c1-11-4-5-12(2)17(8-11)21-13(3)10-20-14-6-7-16(19)15(18)9-14/h4-9,13,20H,10H2,1-3H3. The van der Waals surface area contributed by atoms with Crippen molar-refractivity contribution >= 4 is 17.3 Å². The first-order chi connectivity index (χ1) is 9.95. The summed E-state index contributed by atoms with van der Waals surface area (Å²) in [4.78, 5) is 0. The van der Waals surface area contributed by atoms with Crippen molar-refractivity contribution in [3.8, 4) is 5.75 Å². The van der Waals surface area contributed by atoms with E-state index in [9.17, 15) is 4.39 Å². The first kappa shape index (κ1) is 15.6. The molecule has 1 unspecified atom stereocenters. The van der Waals surface area contributed by atoms with Gasteiger partial charge in [0.25, 0.3) is 0 Å². The third-order valence-electron chi connectivity index (χ3n) is 3.19. The van der Waals surface area contributed by atoms with Crippen LogP contribution in [0.4, 0.5) is 10.1 Å². The molecule has 0 spiro atoms. The van der Waals surface area contributed by atoms with Crippen molar-refractivity contribution in [3.63, 3.8) is 0 Å². The summed E-state index contributed by atoms with van der Waals surface area (Å²) in [5.41, 5.74) is 3.05. The number of nitrogens with one attached hydrogen (secondary N) is 1. The van der Waals surface area contributed by atoms with Gasteiger partial charge in [-0.25, -0.2) is 4.39 Å². The van der Waals surface area contributed by atoms with Crippen molar-refractivity contribution in [1.82, 2.24) is 0 Å². The van der Waals surface area contributed by atoms with Crippen molar-refractivity contribution in [2.24, 2.45) is 0 Å². The zero-order valence-electron chi connectivity index (χ0n) is 12.4. The van der Waals surface area contributed by atoms with Crippen LogP contribution in [0.15, 0.2) is 36.4 Å². The summed E-state index contributed by atoms with van der Waals surface area (Å²) < 4.78 is 19.0. The van der Waals surface area contributed by atoms with Gasteiger partial charge in [-0.15, -0.1) is 0 Å². The Kier molecular flexibility index (Phi) is 5.07. The lowest BCUT2D eigenvalue weighted by molar-refractivity contribution is 0.233. The van der Waals surface area contributed by atoms with Gasteiger partial charge in [0.05, 0.1) is 11.6 Å². The minimum Gasteiger partial charge on any atom is -0.489 e. The van der Waals surface area contributed by atoms with Gasteiger partial charge in [0.1, 0.15) is 17.7 Å². The molecule has 0 saturated carbocycles. The molecule has 2 nitrogen and oxygen atoms in total. The van der Waals surface area contributed by atoms with Crippen molar-refractivity contribution in [3.05, 3.63) is 58.4 Å². The molecule has 0 amide bonds. The zero-order valence-corrected chi connectivity index (χ0v) is 13.2. The normalized spacial score (nSPS) is 12.0. The molecular formula is C17H19ClFNO. The molecule has 0 aliphatic rings. The Morgan fingerprint density at radius 1 is 1.19 bits per heavy atom. The average molecular weight is 308 g/mol. The van der Waals surface area contributed by atoms with Crippen molar-refractivity contribution in [1.29, 1.82) is 0 Å². The maximum atomic E-state index is 13.1. The van der Waals surface area contributed by atoms with Gasteiger partial charge in [-0.3, -0.25) is 0 Å². The second kappa shape index (κ2) is 6.81. The van der Waals surface area contributed by atoms with Crippen LogP contribution in [0.1, 0.15) is 18.1 Å². The van der Waals surface area contributed by atoms with E-state index in [1.54, 1.807) is 12.1 Å². The van der Waals surface area contributed by atoms with Crippen LogP contribution in [0.3, 0.4) is 0 Å². The lowest BCUT2D eigenvalue weighted by atomic mass is 10.1. The van der Waals surface area contributed by atoms with Crippen LogP contribution in [0.2, 0.25) is 5.02 Å². The molecule has 0 aliphatic heterocycles. The summed E-state index contributed by atoms with van der Waals surface area (Å²) in [7, 11) is 0. The maximum absolute atomic E-state index is 13.1. The van der Waals surface area contributed by atoms with Crippen LogP contribution >= 0.6 is 11.6 Å². The van der Waals surface area contributed by atoms with Crippen LogP contribution in [-0.4, -0.2) is 12.6 Å². The number of benzene rings is 2. The maximum Gasteiger partial charge on any atom is 0.141 e. The third-order valence-corrected chi connectivity index (χ3v) is 3.47. The fraction of sp³-hybridized carbons (Fsp3) is 0.294. The highest BCUT2D eigenvalue weighted by molar-refractivity contribution is 6.31. The molecule has 112 valence electrons. The molecule has 0 saturated heterocycles. The molecule has 0 heterocycles. The predicted octanol–water partition coefficient (Wildman–Crippen LogP) is 4.98. The van der Waals surface area contributed by atoms with Crippen LogP contribution in [0, 0.1) is 19.7 Å².